The number of nitrogens with one attached hydrogen (secondary N) is 1. The monoisotopic (exact) mass is 112 g/mol. The van der Waals surface area contributed by atoms with Crippen LogP contribution >= 0.6 is 0 Å². The Bertz CT molecular complexity index is 139. The molecule has 0 saturated carbocycles. The van der Waals surface area contributed by atoms with Gasteiger partial charge in [0, 0.05) is 18.3 Å². The summed E-state index contributed by atoms with van der Waals surface area (Å²) in [6.45, 7) is 0.846. The van der Waals surface area contributed by atoms with Gasteiger partial charge in [0.25, 0.3) is 0 Å². The van der Waals surface area contributed by atoms with Gasteiger partial charge in [0.15, 0.2) is 0 Å². The van der Waals surface area contributed by atoms with Gasteiger partial charge in [-0.2, -0.15) is 0 Å². The molecule has 3 N–H and O–H groups in total. The molecule has 0 fully saturated rings. The van der Waals surface area contributed by atoms with Crippen LogP contribution in [0.5, 0.6) is 0 Å². The Morgan fingerprint density at radius 2 is 2.62 bits per heavy atom. The molecule has 0 atom stereocenters. The second-order valence-corrected chi connectivity index (χ2v) is 1.74. The van der Waals surface area contributed by atoms with E-state index < -0.39 is 0 Å². The van der Waals surface area contributed by atoms with E-state index >= 15 is 0 Å². The highest BCUT2D eigenvalue weighted by atomic mass is 16.1. The van der Waals surface area contributed by atoms with E-state index in [-0.39, 0.29) is 5.91 Å². The number of rotatable bonds is 1. The van der Waals surface area contributed by atoms with Crippen LogP contribution in [0, 0.1) is 0 Å². The number of hydrogen-bond donors (Lipinski definition) is 2. The first-order valence-corrected chi connectivity index (χ1v) is 2.53. The van der Waals surface area contributed by atoms with E-state index in [4.69, 9.17) is 5.73 Å². The van der Waals surface area contributed by atoms with Crippen molar-refractivity contribution in [1.29, 1.82) is 0 Å². The van der Waals surface area contributed by atoms with Crippen molar-refractivity contribution >= 4 is 5.91 Å². The van der Waals surface area contributed by atoms with Crippen LogP contribution in [0.3, 0.4) is 0 Å². The van der Waals surface area contributed by atoms with Crippen molar-refractivity contribution in [3.8, 4) is 0 Å². The number of nitrogens with two attached hydrogens (primary N) is 1. The Balaban J connectivity index is 2.57. The second kappa shape index (κ2) is 1.86. The maximum Gasteiger partial charge on any atom is 0.246 e. The van der Waals surface area contributed by atoms with Gasteiger partial charge in [0.05, 0.1) is 0 Å². The zero-order valence-corrected chi connectivity index (χ0v) is 4.48. The highest BCUT2D eigenvalue weighted by molar-refractivity contribution is 5.92. The molecule has 1 aliphatic rings. The van der Waals surface area contributed by atoms with Gasteiger partial charge in [0.2, 0.25) is 5.91 Å². The van der Waals surface area contributed by atoms with Crippen LogP contribution < -0.4 is 11.1 Å². The number of primary amides is 1. The lowest BCUT2D eigenvalue weighted by atomic mass is 10.2. The van der Waals surface area contributed by atoms with E-state index in [1.54, 1.807) is 6.20 Å². The van der Waals surface area contributed by atoms with Gasteiger partial charge in [0.1, 0.15) is 0 Å². The van der Waals surface area contributed by atoms with E-state index in [2.05, 4.69) is 5.32 Å². The van der Waals surface area contributed by atoms with E-state index in [1.165, 1.54) is 0 Å². The zero-order chi connectivity index (χ0) is 5.98. The lowest BCUT2D eigenvalue weighted by molar-refractivity contribution is -0.114. The summed E-state index contributed by atoms with van der Waals surface area (Å²) in [6.07, 6.45) is 2.44. The summed E-state index contributed by atoms with van der Waals surface area (Å²) < 4.78 is 0. The molecule has 44 valence electrons. The van der Waals surface area contributed by atoms with Gasteiger partial charge in [-0.1, -0.05) is 0 Å². The molecule has 1 amide bonds. The molecule has 0 bridgehead atoms. The van der Waals surface area contributed by atoms with Gasteiger partial charge in [-0.05, 0) is 6.42 Å². The third kappa shape index (κ3) is 0.804. The minimum Gasteiger partial charge on any atom is -0.390 e. The molecule has 0 aromatic carbocycles. The van der Waals surface area contributed by atoms with Crippen LogP contribution in [0.4, 0.5) is 0 Å². The zero-order valence-electron chi connectivity index (χ0n) is 4.48. The molecule has 0 radical (unpaired) electrons. The van der Waals surface area contributed by atoms with Crippen LogP contribution in [0.25, 0.3) is 0 Å². The van der Waals surface area contributed by atoms with Crippen molar-refractivity contribution in [2.24, 2.45) is 5.73 Å². The van der Waals surface area contributed by atoms with Crippen molar-refractivity contribution in [2.75, 3.05) is 6.54 Å². The molecule has 0 aromatic heterocycles. The topological polar surface area (TPSA) is 55.1 Å². The van der Waals surface area contributed by atoms with Crippen LogP contribution in [0.15, 0.2) is 11.8 Å². The van der Waals surface area contributed by atoms with Crippen molar-refractivity contribution in [3.63, 3.8) is 0 Å². The third-order valence-corrected chi connectivity index (χ3v) is 1.13. The van der Waals surface area contributed by atoms with Crippen LogP contribution in [0.2, 0.25) is 0 Å². The van der Waals surface area contributed by atoms with Gasteiger partial charge >= 0.3 is 0 Å². The molecular formula is C5H8N2O. The maximum atomic E-state index is 10.3. The molecule has 3 heteroatoms. The van der Waals surface area contributed by atoms with Gasteiger partial charge in [-0.3, -0.25) is 4.79 Å². The molecule has 0 saturated heterocycles. The van der Waals surface area contributed by atoms with E-state index in [1.807, 2.05) is 0 Å². The summed E-state index contributed by atoms with van der Waals surface area (Å²) in [6, 6.07) is 0. The van der Waals surface area contributed by atoms with E-state index in [9.17, 15) is 4.79 Å². The molecule has 0 aromatic rings. The molecular weight excluding hydrogens is 104 g/mol. The smallest absolute Gasteiger partial charge is 0.246 e. The fourth-order valence-electron chi connectivity index (χ4n) is 0.669. The average molecular weight is 112 g/mol. The normalized spacial score (nSPS) is 17.2. The third-order valence-electron chi connectivity index (χ3n) is 1.13. The Morgan fingerprint density at radius 3 is 2.88 bits per heavy atom. The van der Waals surface area contributed by atoms with Gasteiger partial charge in [-0.25, -0.2) is 0 Å². The summed E-state index contributed by atoms with van der Waals surface area (Å²) >= 11 is 0. The summed E-state index contributed by atoms with van der Waals surface area (Å²) in [5.41, 5.74) is 5.65. The Kier molecular flexibility index (Phi) is 1.20. The highest BCUT2D eigenvalue weighted by Gasteiger charge is 2.07. The van der Waals surface area contributed by atoms with Crippen LogP contribution in [-0.4, -0.2) is 12.5 Å². The van der Waals surface area contributed by atoms with Crippen molar-refractivity contribution < 1.29 is 4.79 Å². The largest absolute Gasteiger partial charge is 0.390 e. The Morgan fingerprint density at radius 1 is 1.88 bits per heavy atom. The predicted octanol–water partition coefficient (Wildman–Crippen LogP) is -0.651. The Labute approximate surface area is 47.6 Å². The predicted molar refractivity (Wildman–Crippen MR) is 29.9 cm³/mol. The fourth-order valence-corrected chi connectivity index (χ4v) is 0.669. The standard InChI is InChI=1S/C5H8N2O/c6-5(8)4-1-2-7-3-4/h3,7H,1-2H2,(H2,6,8). The summed E-state index contributed by atoms with van der Waals surface area (Å²) in [4.78, 5) is 10.3. The number of hydrogen-bond acceptors (Lipinski definition) is 2. The molecule has 3 nitrogen and oxygen atoms in total. The van der Waals surface area contributed by atoms with Crippen molar-refractivity contribution in [1.82, 2.24) is 5.32 Å². The number of carbonyl (C=O) groups excluding carboxylic acids is 1. The van der Waals surface area contributed by atoms with Crippen LogP contribution in [-0.2, 0) is 4.79 Å². The molecule has 1 heterocycles. The average Bonchev–Trinajstić information content (AvgIpc) is 2.12. The fraction of sp³-hybridized carbons (Fsp3) is 0.400. The lowest BCUT2D eigenvalue weighted by Crippen LogP contribution is -2.12. The second-order valence-electron chi connectivity index (χ2n) is 1.74. The van der Waals surface area contributed by atoms with Gasteiger partial charge in [-0.15, -0.1) is 0 Å². The van der Waals surface area contributed by atoms with Crippen LogP contribution in [0.1, 0.15) is 6.42 Å². The first-order valence-electron chi connectivity index (χ1n) is 2.53. The van der Waals surface area contributed by atoms with Crippen molar-refractivity contribution in [2.45, 2.75) is 6.42 Å². The molecule has 1 rings (SSSR count). The molecule has 0 spiro atoms. The molecule has 8 heavy (non-hydrogen) atoms. The first-order chi connectivity index (χ1) is 3.80. The molecule has 0 unspecified atom stereocenters. The van der Waals surface area contributed by atoms with Gasteiger partial charge < -0.3 is 11.1 Å². The van der Waals surface area contributed by atoms with E-state index in [0.29, 0.717) is 5.57 Å². The first kappa shape index (κ1) is 5.15. The van der Waals surface area contributed by atoms with Crippen molar-refractivity contribution in [3.05, 3.63) is 11.8 Å². The quantitative estimate of drug-likeness (QED) is 0.473. The minimum absolute atomic E-state index is 0.310. The SMILES string of the molecule is NC(=O)C1=CNCC1. The minimum atomic E-state index is -0.310. The molecule has 1 aliphatic heterocycles. The number of carbonyl (C=O) groups is 1. The highest BCUT2D eigenvalue weighted by Crippen LogP contribution is 2.02. The summed E-state index contributed by atoms with van der Waals surface area (Å²) in [7, 11) is 0. The van der Waals surface area contributed by atoms with E-state index in [0.717, 1.165) is 13.0 Å². The number of amides is 1. The Hall–Kier alpha value is -0.990. The lowest BCUT2D eigenvalue weighted by Gasteiger charge is -1.87. The maximum absolute atomic E-state index is 10.3. The summed E-state index contributed by atoms with van der Waals surface area (Å²) in [5, 5.41) is 2.89. The molecule has 0 aliphatic carbocycles. The summed E-state index contributed by atoms with van der Waals surface area (Å²) in [5.74, 6) is -0.310.